The van der Waals surface area contributed by atoms with Crippen LogP contribution in [0.15, 0.2) is 71.5 Å². The Bertz CT molecular complexity index is 1210. The number of likely N-dealkylation sites (tertiary alicyclic amines) is 1. The number of hydrogen-bond acceptors (Lipinski definition) is 3. The lowest BCUT2D eigenvalue weighted by atomic mass is 9.82. The number of aromatic nitrogens is 1. The fraction of sp³-hybridized carbons (Fsp3) is 0.240. The fourth-order valence-electron chi connectivity index (χ4n) is 4.79. The topological polar surface area (TPSA) is 66.1 Å². The number of fused-ring (bicyclic) bond motifs is 4. The first kappa shape index (κ1) is 18.4. The van der Waals surface area contributed by atoms with Crippen LogP contribution in [0, 0.1) is 17.2 Å². The Morgan fingerprint density at radius 3 is 2.43 bits per heavy atom. The summed E-state index contributed by atoms with van der Waals surface area (Å²) in [6.45, 7) is 1.91. The third-order valence-corrected chi connectivity index (χ3v) is 6.21. The van der Waals surface area contributed by atoms with Crippen molar-refractivity contribution < 1.29 is 4.79 Å². The van der Waals surface area contributed by atoms with Gasteiger partial charge in [-0.25, -0.2) is 0 Å². The molecule has 2 aromatic carbocycles. The van der Waals surface area contributed by atoms with Crippen LogP contribution in [0.1, 0.15) is 34.0 Å². The largest absolute Gasteiger partial charge is 0.338 e. The van der Waals surface area contributed by atoms with Crippen LogP contribution in [0.4, 0.5) is 0 Å². The summed E-state index contributed by atoms with van der Waals surface area (Å²) < 4.78 is 1.90. The Balaban J connectivity index is 1.46. The standard InChI is InChI=1S/C25H21N3O2/c26-13-17-6-8-20(9-7-17)25(30)27-14-18-10-22(16-27)23-11-21(12-24(29)28(23)15-18)19-4-2-1-3-5-19/h1-9,11-12,18,22H,10,14-16H2/t18-,22+/m0/s1. The molecule has 2 aliphatic rings. The van der Waals surface area contributed by atoms with Crippen molar-refractivity contribution in [2.45, 2.75) is 18.9 Å². The van der Waals surface area contributed by atoms with Gasteiger partial charge in [-0.2, -0.15) is 5.26 Å². The van der Waals surface area contributed by atoms with Gasteiger partial charge in [0.2, 0.25) is 0 Å². The molecule has 0 saturated carbocycles. The molecule has 1 fully saturated rings. The summed E-state index contributed by atoms with van der Waals surface area (Å²) in [4.78, 5) is 27.8. The predicted molar refractivity (Wildman–Crippen MR) is 114 cm³/mol. The van der Waals surface area contributed by atoms with Gasteiger partial charge in [0, 0.05) is 42.9 Å². The van der Waals surface area contributed by atoms with Gasteiger partial charge in [0.25, 0.3) is 11.5 Å². The van der Waals surface area contributed by atoms with Gasteiger partial charge < -0.3 is 9.47 Å². The second-order valence-corrected chi connectivity index (χ2v) is 8.18. The lowest BCUT2D eigenvalue weighted by molar-refractivity contribution is 0.0594. The van der Waals surface area contributed by atoms with Gasteiger partial charge in [-0.05, 0) is 53.8 Å². The maximum atomic E-state index is 13.1. The number of carbonyl (C=O) groups is 1. The molecule has 1 aromatic heterocycles. The molecule has 0 spiro atoms. The molecule has 2 atom stereocenters. The summed E-state index contributed by atoms with van der Waals surface area (Å²) in [5, 5.41) is 8.97. The second-order valence-electron chi connectivity index (χ2n) is 8.18. The molecule has 1 amide bonds. The predicted octanol–water partition coefficient (Wildman–Crippen LogP) is 3.65. The highest BCUT2D eigenvalue weighted by atomic mass is 16.2. The second kappa shape index (κ2) is 7.31. The Labute approximate surface area is 174 Å². The van der Waals surface area contributed by atoms with Crippen molar-refractivity contribution >= 4 is 5.91 Å². The molecule has 0 unspecified atom stereocenters. The van der Waals surface area contributed by atoms with Crippen molar-refractivity contribution in [2.75, 3.05) is 13.1 Å². The third kappa shape index (κ3) is 3.21. The van der Waals surface area contributed by atoms with E-state index in [1.807, 2.05) is 39.8 Å². The van der Waals surface area contributed by atoms with E-state index >= 15 is 0 Å². The molecular weight excluding hydrogens is 374 g/mol. The molecule has 2 bridgehead atoms. The van der Waals surface area contributed by atoms with Crippen LogP contribution in [-0.4, -0.2) is 28.5 Å². The lowest BCUT2D eigenvalue weighted by Crippen LogP contribution is -2.49. The van der Waals surface area contributed by atoms with Crippen molar-refractivity contribution in [2.24, 2.45) is 5.92 Å². The van der Waals surface area contributed by atoms with Crippen LogP contribution in [0.5, 0.6) is 0 Å². The zero-order valence-corrected chi connectivity index (χ0v) is 16.5. The molecule has 5 rings (SSSR count). The molecule has 148 valence electrons. The summed E-state index contributed by atoms with van der Waals surface area (Å²) in [5.41, 5.74) is 4.17. The average molecular weight is 395 g/mol. The highest BCUT2D eigenvalue weighted by Gasteiger charge is 2.36. The van der Waals surface area contributed by atoms with Crippen LogP contribution >= 0.6 is 0 Å². The molecule has 0 radical (unpaired) electrons. The van der Waals surface area contributed by atoms with Gasteiger partial charge in [0.05, 0.1) is 11.6 Å². The molecule has 5 nitrogen and oxygen atoms in total. The summed E-state index contributed by atoms with van der Waals surface area (Å²) in [6, 6.07) is 22.7. The van der Waals surface area contributed by atoms with Crippen LogP contribution in [0.2, 0.25) is 0 Å². The Hall–Kier alpha value is -3.65. The maximum Gasteiger partial charge on any atom is 0.253 e. The third-order valence-electron chi connectivity index (χ3n) is 6.21. The van der Waals surface area contributed by atoms with Crippen LogP contribution in [-0.2, 0) is 6.54 Å². The smallest absolute Gasteiger partial charge is 0.253 e. The zero-order valence-electron chi connectivity index (χ0n) is 16.5. The van der Waals surface area contributed by atoms with E-state index in [2.05, 4.69) is 12.1 Å². The summed E-state index contributed by atoms with van der Waals surface area (Å²) >= 11 is 0. The van der Waals surface area contributed by atoms with Gasteiger partial charge in [0.15, 0.2) is 0 Å². The van der Waals surface area contributed by atoms with Crippen molar-refractivity contribution in [3.8, 4) is 17.2 Å². The summed E-state index contributed by atoms with van der Waals surface area (Å²) in [7, 11) is 0. The number of benzene rings is 2. The van der Waals surface area contributed by atoms with Crippen molar-refractivity contribution in [1.29, 1.82) is 5.26 Å². The number of amides is 1. The van der Waals surface area contributed by atoms with Crippen LogP contribution in [0.3, 0.4) is 0 Å². The monoisotopic (exact) mass is 395 g/mol. The molecular formula is C25H21N3O2. The highest BCUT2D eigenvalue weighted by Crippen LogP contribution is 2.37. The van der Waals surface area contributed by atoms with Crippen molar-refractivity contribution in [3.05, 3.63) is 93.9 Å². The SMILES string of the molecule is N#Cc1ccc(C(=O)N2C[C@@H]3C[C@H](C2)c2cc(-c4ccccc4)cc(=O)n2C3)cc1. The van der Waals surface area contributed by atoms with Gasteiger partial charge >= 0.3 is 0 Å². The van der Waals surface area contributed by atoms with Crippen molar-refractivity contribution in [3.63, 3.8) is 0 Å². The molecule has 5 heteroatoms. The number of piperidine rings is 1. The molecule has 3 aromatic rings. The Morgan fingerprint density at radius 2 is 1.70 bits per heavy atom. The van der Waals surface area contributed by atoms with E-state index in [0.29, 0.717) is 30.8 Å². The van der Waals surface area contributed by atoms with Crippen LogP contribution in [0.25, 0.3) is 11.1 Å². The molecule has 1 saturated heterocycles. The minimum Gasteiger partial charge on any atom is -0.338 e. The number of nitriles is 1. The van der Waals surface area contributed by atoms with E-state index in [9.17, 15) is 9.59 Å². The number of hydrogen-bond donors (Lipinski definition) is 0. The van der Waals surface area contributed by atoms with Gasteiger partial charge in [-0.15, -0.1) is 0 Å². The Kier molecular flexibility index (Phi) is 4.48. The molecule has 0 aliphatic carbocycles. The normalized spacial score (nSPS) is 19.6. The highest BCUT2D eigenvalue weighted by molar-refractivity contribution is 5.94. The molecule has 0 N–H and O–H groups in total. The first-order chi connectivity index (χ1) is 14.6. The average Bonchev–Trinajstić information content (AvgIpc) is 2.79. The molecule has 3 heterocycles. The van der Waals surface area contributed by atoms with Gasteiger partial charge in [-0.3, -0.25) is 9.59 Å². The van der Waals surface area contributed by atoms with E-state index in [0.717, 1.165) is 23.2 Å². The lowest BCUT2D eigenvalue weighted by Gasteiger charge is -2.43. The number of rotatable bonds is 2. The summed E-state index contributed by atoms with van der Waals surface area (Å²) in [6.07, 6.45) is 0.995. The van der Waals surface area contributed by atoms with Gasteiger partial charge in [-0.1, -0.05) is 30.3 Å². The quantitative estimate of drug-likeness (QED) is 0.665. The number of pyridine rings is 1. The number of nitrogens with zero attached hydrogens (tertiary/aromatic N) is 3. The minimum atomic E-state index is -0.01000. The van der Waals surface area contributed by atoms with E-state index in [4.69, 9.17) is 5.26 Å². The molecule has 30 heavy (non-hydrogen) atoms. The zero-order chi connectivity index (χ0) is 20.7. The Morgan fingerprint density at radius 1 is 0.933 bits per heavy atom. The first-order valence-electron chi connectivity index (χ1n) is 10.2. The summed E-state index contributed by atoms with van der Waals surface area (Å²) in [5.74, 6) is 0.416. The fourth-order valence-corrected chi connectivity index (χ4v) is 4.79. The van der Waals surface area contributed by atoms with Gasteiger partial charge in [0.1, 0.15) is 0 Å². The van der Waals surface area contributed by atoms with E-state index in [-0.39, 0.29) is 23.3 Å². The van der Waals surface area contributed by atoms with Crippen molar-refractivity contribution in [1.82, 2.24) is 9.47 Å². The van der Waals surface area contributed by atoms with Crippen LogP contribution < -0.4 is 5.56 Å². The molecule has 2 aliphatic heterocycles. The minimum absolute atomic E-state index is 0.01000. The van der Waals surface area contributed by atoms with E-state index in [1.54, 1.807) is 30.3 Å². The first-order valence-corrected chi connectivity index (χ1v) is 10.2. The van der Waals surface area contributed by atoms with E-state index < -0.39 is 0 Å². The number of carbonyl (C=O) groups excluding carboxylic acids is 1. The van der Waals surface area contributed by atoms with E-state index in [1.165, 1.54) is 0 Å². The maximum absolute atomic E-state index is 13.1.